The lowest BCUT2D eigenvalue weighted by Gasteiger charge is -2.21. The molecule has 0 aliphatic rings. The van der Waals surface area contributed by atoms with Gasteiger partial charge in [0.15, 0.2) is 0 Å². The number of amides is 1. The first-order valence-corrected chi connectivity index (χ1v) is 7.63. The zero-order valence-corrected chi connectivity index (χ0v) is 14.8. The van der Waals surface area contributed by atoms with E-state index < -0.39 is 17.9 Å². The van der Waals surface area contributed by atoms with Crippen LogP contribution in [0.3, 0.4) is 0 Å². The normalized spacial score (nSPS) is 11.6. The fraction of sp³-hybridized carbons (Fsp3) is 0.444. The summed E-state index contributed by atoms with van der Waals surface area (Å²) in [4.78, 5) is 24.7. The molecule has 0 bridgehead atoms. The molecule has 0 spiro atoms. The smallest absolute Gasteiger partial charge is 0.329 e. The van der Waals surface area contributed by atoms with Crippen molar-refractivity contribution in [3.05, 3.63) is 35.9 Å². The van der Waals surface area contributed by atoms with Crippen molar-refractivity contribution in [3.63, 3.8) is 0 Å². The second-order valence-electron chi connectivity index (χ2n) is 5.86. The summed E-state index contributed by atoms with van der Waals surface area (Å²) in [6.07, 6.45) is 0. The number of nitrogens with one attached hydrogen (secondary N) is 1. The van der Waals surface area contributed by atoms with Crippen LogP contribution in [0.4, 0.5) is 0 Å². The van der Waals surface area contributed by atoms with E-state index in [0.29, 0.717) is 17.1 Å². The zero-order chi connectivity index (χ0) is 18.3. The van der Waals surface area contributed by atoms with E-state index in [1.54, 1.807) is 25.1 Å². The molecule has 24 heavy (non-hydrogen) atoms. The summed E-state index contributed by atoms with van der Waals surface area (Å²) < 4.78 is 15.5. The molecule has 0 saturated carbocycles. The number of rotatable bonds is 8. The van der Waals surface area contributed by atoms with Gasteiger partial charge >= 0.3 is 5.97 Å². The van der Waals surface area contributed by atoms with Gasteiger partial charge in [-0.25, -0.2) is 4.79 Å². The molecule has 0 fully saturated rings. The number of carbonyl (C=O) groups is 2. The maximum atomic E-state index is 12.5. The average molecular weight is 335 g/mol. The maximum Gasteiger partial charge on any atom is 0.329 e. The Morgan fingerprint density at radius 1 is 1.12 bits per heavy atom. The van der Waals surface area contributed by atoms with E-state index in [4.69, 9.17) is 14.2 Å². The minimum atomic E-state index is -0.756. The first kappa shape index (κ1) is 19.5. The van der Waals surface area contributed by atoms with Crippen molar-refractivity contribution < 1.29 is 23.8 Å². The van der Waals surface area contributed by atoms with Crippen LogP contribution in [-0.4, -0.2) is 38.7 Å². The van der Waals surface area contributed by atoms with Crippen molar-refractivity contribution in [3.8, 4) is 11.5 Å². The summed E-state index contributed by atoms with van der Waals surface area (Å²) in [6, 6.07) is 4.06. The maximum absolute atomic E-state index is 12.5. The number of carbonyl (C=O) groups excluding carboxylic acids is 2. The molecular weight excluding hydrogens is 310 g/mol. The molecule has 1 atom stereocenters. The van der Waals surface area contributed by atoms with Crippen LogP contribution in [0.1, 0.15) is 31.1 Å². The molecule has 132 valence electrons. The van der Waals surface area contributed by atoms with Gasteiger partial charge in [-0.05, 0) is 30.5 Å². The summed E-state index contributed by atoms with van der Waals surface area (Å²) in [5.41, 5.74) is 1.07. The summed E-state index contributed by atoms with van der Waals surface area (Å²) in [7, 11) is 3.00. The zero-order valence-electron chi connectivity index (χ0n) is 14.8. The Morgan fingerprint density at radius 2 is 1.67 bits per heavy atom. The van der Waals surface area contributed by atoms with Crippen molar-refractivity contribution in [2.75, 3.05) is 20.8 Å². The van der Waals surface area contributed by atoms with Gasteiger partial charge in [0.05, 0.1) is 14.2 Å². The van der Waals surface area contributed by atoms with Crippen molar-refractivity contribution in [2.24, 2.45) is 5.92 Å². The fourth-order valence-electron chi connectivity index (χ4n) is 1.94. The van der Waals surface area contributed by atoms with E-state index in [1.807, 2.05) is 13.8 Å². The van der Waals surface area contributed by atoms with Crippen molar-refractivity contribution in [2.45, 2.75) is 26.8 Å². The quantitative estimate of drug-likeness (QED) is 0.584. The topological polar surface area (TPSA) is 73.9 Å². The van der Waals surface area contributed by atoms with Gasteiger partial charge in [-0.2, -0.15) is 0 Å². The third kappa shape index (κ3) is 5.61. The van der Waals surface area contributed by atoms with Crippen molar-refractivity contribution in [1.29, 1.82) is 0 Å². The SMILES string of the molecule is C=C(C)COC(=O)C(NC(=O)c1cc(OC)cc(OC)c1)C(C)C. The second kappa shape index (κ2) is 8.96. The van der Waals surface area contributed by atoms with Crippen LogP contribution in [0, 0.1) is 5.92 Å². The molecule has 1 N–H and O–H groups in total. The molecule has 1 rings (SSSR count). The summed E-state index contributed by atoms with van der Waals surface area (Å²) >= 11 is 0. The van der Waals surface area contributed by atoms with Crippen LogP contribution in [0.5, 0.6) is 11.5 Å². The van der Waals surface area contributed by atoms with E-state index in [2.05, 4.69) is 11.9 Å². The highest BCUT2D eigenvalue weighted by Gasteiger charge is 2.26. The minimum Gasteiger partial charge on any atom is -0.497 e. The van der Waals surface area contributed by atoms with Crippen LogP contribution in [-0.2, 0) is 9.53 Å². The molecule has 1 aromatic carbocycles. The molecule has 0 heterocycles. The van der Waals surface area contributed by atoms with E-state index >= 15 is 0 Å². The third-order valence-electron chi connectivity index (χ3n) is 3.28. The summed E-state index contributed by atoms with van der Waals surface area (Å²) in [5, 5.41) is 2.70. The van der Waals surface area contributed by atoms with Crippen LogP contribution in [0.25, 0.3) is 0 Å². The lowest BCUT2D eigenvalue weighted by atomic mass is 10.0. The van der Waals surface area contributed by atoms with Gasteiger partial charge in [0.2, 0.25) is 0 Å². The summed E-state index contributed by atoms with van der Waals surface area (Å²) in [6.45, 7) is 9.24. The second-order valence-corrected chi connectivity index (χ2v) is 5.86. The molecule has 1 aromatic rings. The Balaban J connectivity index is 2.92. The Bertz CT molecular complexity index is 587. The highest BCUT2D eigenvalue weighted by atomic mass is 16.5. The van der Waals surface area contributed by atoms with E-state index in [9.17, 15) is 9.59 Å². The number of benzene rings is 1. The van der Waals surface area contributed by atoms with Gasteiger partial charge in [0.25, 0.3) is 5.91 Å². The number of esters is 1. The third-order valence-corrected chi connectivity index (χ3v) is 3.28. The lowest BCUT2D eigenvalue weighted by Crippen LogP contribution is -2.45. The molecule has 6 nitrogen and oxygen atoms in total. The average Bonchev–Trinajstić information content (AvgIpc) is 2.56. The van der Waals surface area contributed by atoms with Crippen LogP contribution in [0.15, 0.2) is 30.4 Å². The van der Waals surface area contributed by atoms with Gasteiger partial charge in [0, 0.05) is 11.6 Å². The Morgan fingerprint density at radius 3 is 2.08 bits per heavy atom. The van der Waals surface area contributed by atoms with Gasteiger partial charge < -0.3 is 19.5 Å². The summed E-state index contributed by atoms with van der Waals surface area (Å²) in [5.74, 6) is -0.0376. The lowest BCUT2D eigenvalue weighted by molar-refractivity contribution is -0.146. The van der Waals surface area contributed by atoms with Gasteiger partial charge in [-0.1, -0.05) is 20.4 Å². The largest absolute Gasteiger partial charge is 0.497 e. The van der Waals surface area contributed by atoms with Crippen LogP contribution >= 0.6 is 0 Å². The monoisotopic (exact) mass is 335 g/mol. The number of hydrogen-bond acceptors (Lipinski definition) is 5. The Hall–Kier alpha value is -2.50. The highest BCUT2D eigenvalue weighted by Crippen LogP contribution is 2.22. The molecule has 1 unspecified atom stereocenters. The Kier molecular flexibility index (Phi) is 7.30. The number of ether oxygens (including phenoxy) is 3. The first-order valence-electron chi connectivity index (χ1n) is 7.63. The predicted octanol–water partition coefficient (Wildman–Crippen LogP) is 2.58. The fourth-order valence-corrected chi connectivity index (χ4v) is 1.94. The standard InChI is InChI=1S/C18H25NO5/c1-11(2)10-24-18(21)16(12(3)4)19-17(20)13-7-14(22-5)9-15(8-13)23-6/h7-9,12,16H,1,10H2,2-6H3,(H,19,20). The molecule has 0 aliphatic heterocycles. The van der Waals surface area contributed by atoms with Crippen LogP contribution < -0.4 is 14.8 Å². The van der Waals surface area contributed by atoms with Crippen LogP contribution in [0.2, 0.25) is 0 Å². The van der Waals surface area contributed by atoms with Crippen molar-refractivity contribution in [1.82, 2.24) is 5.32 Å². The molecule has 1 amide bonds. The van der Waals surface area contributed by atoms with Gasteiger partial charge in [-0.3, -0.25) is 4.79 Å². The van der Waals surface area contributed by atoms with E-state index in [1.165, 1.54) is 14.2 Å². The molecule has 0 aromatic heterocycles. The highest BCUT2D eigenvalue weighted by molar-refractivity contribution is 5.97. The predicted molar refractivity (Wildman–Crippen MR) is 91.4 cm³/mol. The number of methoxy groups -OCH3 is 2. The first-order chi connectivity index (χ1) is 11.3. The van der Waals surface area contributed by atoms with E-state index in [-0.39, 0.29) is 12.5 Å². The number of hydrogen-bond donors (Lipinski definition) is 1. The molecule has 0 saturated heterocycles. The molecular formula is C18H25NO5. The molecule has 6 heteroatoms. The van der Waals surface area contributed by atoms with Crippen molar-refractivity contribution >= 4 is 11.9 Å². The molecule has 0 radical (unpaired) electrons. The van der Waals surface area contributed by atoms with Gasteiger partial charge in [0.1, 0.15) is 24.1 Å². The van der Waals surface area contributed by atoms with E-state index in [0.717, 1.165) is 5.57 Å². The Labute approximate surface area is 142 Å². The van der Waals surface area contributed by atoms with Gasteiger partial charge in [-0.15, -0.1) is 0 Å². The minimum absolute atomic E-state index is 0.126. The molecule has 0 aliphatic carbocycles.